The second-order valence-corrected chi connectivity index (χ2v) is 6.47. The molecule has 8 N–H and O–H groups in total. The molecule has 0 aromatic carbocycles. The molecule has 0 radical (unpaired) electrons. The minimum Gasteiger partial charge on any atom is -0.387 e. The fourth-order valence-corrected chi connectivity index (χ4v) is 2.88. The molecule has 1 saturated carbocycles. The molecular formula is C6H14O12P2. The Balaban J connectivity index is 3.02. The summed E-state index contributed by atoms with van der Waals surface area (Å²) in [5.74, 6) is 0. The molecule has 120 valence electrons. The highest BCUT2D eigenvalue weighted by atomic mass is 31.2. The topological polar surface area (TPSA) is 214 Å². The van der Waals surface area contributed by atoms with Gasteiger partial charge in [-0.3, -0.25) is 9.05 Å². The minimum absolute atomic E-state index is 2.12. The molecule has 20 heavy (non-hydrogen) atoms. The summed E-state index contributed by atoms with van der Waals surface area (Å²) in [4.78, 5) is 34.4. The van der Waals surface area contributed by atoms with E-state index in [0.29, 0.717) is 0 Å². The lowest BCUT2D eigenvalue weighted by atomic mass is 9.85. The lowest BCUT2D eigenvalue weighted by Gasteiger charge is -2.42. The van der Waals surface area contributed by atoms with Gasteiger partial charge in [-0.1, -0.05) is 0 Å². The summed E-state index contributed by atoms with van der Waals surface area (Å²) in [5, 5.41) is 38.0. The molecular weight excluding hydrogens is 326 g/mol. The fourth-order valence-electron chi connectivity index (χ4n) is 1.75. The predicted molar refractivity (Wildman–Crippen MR) is 57.9 cm³/mol. The van der Waals surface area contributed by atoms with Crippen LogP contribution in [-0.2, 0) is 18.2 Å². The maximum Gasteiger partial charge on any atom is 0.470 e. The summed E-state index contributed by atoms with van der Waals surface area (Å²) in [6.07, 6.45) is -12.8. The molecule has 0 spiro atoms. The van der Waals surface area contributed by atoms with Crippen LogP contribution in [0.15, 0.2) is 0 Å². The normalized spacial score (nSPS) is 39.8. The highest BCUT2D eigenvalue weighted by molar-refractivity contribution is 7.46. The zero-order chi connectivity index (χ0) is 15.9. The first-order chi connectivity index (χ1) is 8.83. The fraction of sp³-hybridized carbons (Fsp3) is 1.00. The van der Waals surface area contributed by atoms with Crippen molar-refractivity contribution in [2.45, 2.75) is 36.6 Å². The van der Waals surface area contributed by atoms with E-state index >= 15 is 0 Å². The van der Waals surface area contributed by atoms with Crippen molar-refractivity contribution >= 4 is 15.6 Å². The standard InChI is InChI=1S/C6H14O12P2/c7-1-2(8)5(17-19(11,12)13)4(10)6(3(1)9)18-20(14,15)16/h1-10H,(H2,11,12,13)(H2,14,15,16)/t1?,2-,3+,4?,5+,6-. The summed E-state index contributed by atoms with van der Waals surface area (Å²) in [6, 6.07) is 0. The number of phosphoric acid groups is 2. The van der Waals surface area contributed by atoms with Crippen molar-refractivity contribution in [1.29, 1.82) is 0 Å². The largest absolute Gasteiger partial charge is 0.470 e. The summed E-state index contributed by atoms with van der Waals surface area (Å²) in [6.45, 7) is 0. The Labute approximate surface area is 111 Å². The Morgan fingerprint density at radius 2 is 0.900 bits per heavy atom. The molecule has 12 nitrogen and oxygen atoms in total. The van der Waals surface area contributed by atoms with Gasteiger partial charge in [0.25, 0.3) is 0 Å². The van der Waals surface area contributed by atoms with E-state index in [1.54, 1.807) is 0 Å². The van der Waals surface area contributed by atoms with Gasteiger partial charge in [0.2, 0.25) is 0 Å². The van der Waals surface area contributed by atoms with Crippen LogP contribution >= 0.6 is 15.6 Å². The number of rotatable bonds is 4. The summed E-state index contributed by atoms with van der Waals surface area (Å²) >= 11 is 0. The second kappa shape index (κ2) is 6.05. The predicted octanol–water partition coefficient (Wildman–Crippen LogP) is -3.60. The van der Waals surface area contributed by atoms with Crippen LogP contribution in [0.5, 0.6) is 0 Å². The van der Waals surface area contributed by atoms with Crippen LogP contribution in [0.25, 0.3) is 0 Å². The van der Waals surface area contributed by atoms with Crippen LogP contribution in [0.3, 0.4) is 0 Å². The first-order valence-corrected chi connectivity index (χ1v) is 8.10. The lowest BCUT2D eigenvalue weighted by Crippen LogP contribution is -2.64. The number of aliphatic hydroxyl groups is 4. The molecule has 1 rings (SSSR count). The average molecular weight is 340 g/mol. The van der Waals surface area contributed by atoms with Gasteiger partial charge in [-0.2, -0.15) is 0 Å². The van der Waals surface area contributed by atoms with Gasteiger partial charge < -0.3 is 40.0 Å². The maximum atomic E-state index is 10.7. The molecule has 2 unspecified atom stereocenters. The zero-order valence-corrected chi connectivity index (χ0v) is 11.4. The van der Waals surface area contributed by atoms with E-state index < -0.39 is 52.3 Å². The Bertz CT molecular complexity index is 390. The third-order valence-corrected chi connectivity index (χ3v) is 3.60. The van der Waals surface area contributed by atoms with Crippen LogP contribution in [0.1, 0.15) is 0 Å². The SMILES string of the molecule is O=P(O)(O)O[C@@H]1C(O)[C@H](OP(=O)(O)O)[C@@H](O)C(O)[C@H]1O. The second-order valence-electron chi connectivity index (χ2n) is 4.08. The molecule has 0 saturated heterocycles. The first-order valence-electron chi connectivity index (χ1n) is 5.03. The molecule has 0 heterocycles. The van der Waals surface area contributed by atoms with Crippen molar-refractivity contribution in [3.63, 3.8) is 0 Å². The molecule has 1 aliphatic carbocycles. The number of hydrogen-bond donors (Lipinski definition) is 8. The van der Waals surface area contributed by atoms with E-state index in [2.05, 4.69) is 9.05 Å². The van der Waals surface area contributed by atoms with Crippen molar-refractivity contribution in [2.75, 3.05) is 0 Å². The molecule has 0 amide bonds. The third-order valence-electron chi connectivity index (χ3n) is 2.56. The minimum atomic E-state index is -5.20. The lowest BCUT2D eigenvalue weighted by molar-refractivity contribution is -0.215. The Hall–Kier alpha value is 0.0600. The number of aliphatic hydroxyl groups excluding tert-OH is 4. The van der Waals surface area contributed by atoms with Gasteiger partial charge in [0.1, 0.15) is 36.6 Å². The van der Waals surface area contributed by atoms with Crippen molar-refractivity contribution < 1.29 is 58.2 Å². The van der Waals surface area contributed by atoms with Crippen molar-refractivity contribution in [2.24, 2.45) is 0 Å². The van der Waals surface area contributed by atoms with Crippen molar-refractivity contribution in [1.82, 2.24) is 0 Å². The smallest absolute Gasteiger partial charge is 0.387 e. The highest BCUT2D eigenvalue weighted by Crippen LogP contribution is 2.45. The number of phosphoric ester groups is 2. The van der Waals surface area contributed by atoms with Crippen LogP contribution < -0.4 is 0 Å². The van der Waals surface area contributed by atoms with Crippen LogP contribution in [0.2, 0.25) is 0 Å². The molecule has 0 aromatic heterocycles. The van der Waals surface area contributed by atoms with Crippen LogP contribution in [0, 0.1) is 0 Å². The van der Waals surface area contributed by atoms with Gasteiger partial charge in [-0.15, -0.1) is 0 Å². The van der Waals surface area contributed by atoms with E-state index in [4.69, 9.17) is 19.6 Å². The zero-order valence-electron chi connectivity index (χ0n) is 9.57. The quantitative estimate of drug-likeness (QED) is 0.233. The van der Waals surface area contributed by atoms with E-state index in [1.165, 1.54) is 0 Å². The summed E-state index contributed by atoms with van der Waals surface area (Å²) < 4.78 is 29.4. The van der Waals surface area contributed by atoms with E-state index in [1.807, 2.05) is 0 Å². The van der Waals surface area contributed by atoms with Gasteiger partial charge in [0.05, 0.1) is 0 Å². The monoisotopic (exact) mass is 340 g/mol. The van der Waals surface area contributed by atoms with E-state index in [9.17, 15) is 29.6 Å². The van der Waals surface area contributed by atoms with Crippen LogP contribution in [-0.4, -0.2) is 76.6 Å². The Morgan fingerprint density at radius 3 is 1.15 bits per heavy atom. The molecule has 0 aromatic rings. The Kier molecular flexibility index (Phi) is 5.48. The van der Waals surface area contributed by atoms with Gasteiger partial charge in [-0.05, 0) is 0 Å². The molecule has 6 atom stereocenters. The third kappa shape index (κ3) is 4.53. The van der Waals surface area contributed by atoms with Gasteiger partial charge in [0.15, 0.2) is 0 Å². The van der Waals surface area contributed by atoms with Crippen molar-refractivity contribution in [3.8, 4) is 0 Å². The Morgan fingerprint density at radius 1 is 0.600 bits per heavy atom. The van der Waals surface area contributed by atoms with Gasteiger partial charge in [-0.25, -0.2) is 9.13 Å². The molecule has 1 fully saturated rings. The first kappa shape index (κ1) is 18.1. The molecule has 0 aliphatic heterocycles. The van der Waals surface area contributed by atoms with Gasteiger partial charge in [0, 0.05) is 0 Å². The van der Waals surface area contributed by atoms with Crippen molar-refractivity contribution in [3.05, 3.63) is 0 Å². The summed E-state index contributed by atoms with van der Waals surface area (Å²) in [5.41, 5.74) is 0. The molecule has 0 bridgehead atoms. The number of hydrogen-bond acceptors (Lipinski definition) is 8. The van der Waals surface area contributed by atoms with E-state index in [0.717, 1.165) is 0 Å². The molecule has 1 aliphatic rings. The summed E-state index contributed by atoms with van der Waals surface area (Å²) in [7, 11) is -10.4. The average Bonchev–Trinajstić information content (AvgIpc) is 2.25. The van der Waals surface area contributed by atoms with Crippen LogP contribution in [0.4, 0.5) is 0 Å². The van der Waals surface area contributed by atoms with E-state index in [-0.39, 0.29) is 0 Å². The molecule has 14 heteroatoms. The van der Waals surface area contributed by atoms with Gasteiger partial charge >= 0.3 is 15.6 Å². The maximum absolute atomic E-state index is 10.7. The highest BCUT2D eigenvalue weighted by Gasteiger charge is 2.53.